The number of rotatable bonds is 5. The predicted molar refractivity (Wildman–Crippen MR) is 165 cm³/mol. The van der Waals surface area contributed by atoms with Crippen LogP contribution in [0.3, 0.4) is 0 Å². The summed E-state index contributed by atoms with van der Waals surface area (Å²) < 4.78 is 0. The zero-order chi connectivity index (χ0) is 27.0. The quantitative estimate of drug-likeness (QED) is 0.217. The highest BCUT2D eigenvalue weighted by Gasteiger charge is 2.15. The summed E-state index contributed by atoms with van der Waals surface area (Å²) in [4.78, 5) is 0. The third-order valence-corrected chi connectivity index (χ3v) is 6.56. The lowest BCUT2D eigenvalue weighted by atomic mass is 9.84. The van der Waals surface area contributed by atoms with Crippen molar-refractivity contribution in [2.24, 2.45) is 0 Å². The molecular formula is C37H42. The van der Waals surface area contributed by atoms with Crippen molar-refractivity contribution in [3.8, 4) is 0 Å². The van der Waals surface area contributed by atoms with Crippen LogP contribution in [0.2, 0.25) is 0 Å². The summed E-state index contributed by atoms with van der Waals surface area (Å²) in [5.41, 5.74) is 12.8. The van der Waals surface area contributed by atoms with Crippen LogP contribution in [0.1, 0.15) is 50.9 Å². The summed E-state index contributed by atoms with van der Waals surface area (Å²) in [5, 5.41) is 0. The Hall–Kier alpha value is -3.90. The molecule has 0 heterocycles. The van der Waals surface area contributed by atoms with Gasteiger partial charge in [0.25, 0.3) is 0 Å². The molecule has 0 saturated heterocycles. The molecule has 0 radical (unpaired) electrons. The topological polar surface area (TPSA) is 0 Å². The van der Waals surface area contributed by atoms with E-state index < -0.39 is 0 Å². The highest BCUT2D eigenvalue weighted by atomic mass is 14.2. The van der Waals surface area contributed by atoms with Crippen molar-refractivity contribution >= 4 is 0 Å². The fourth-order valence-corrected chi connectivity index (χ4v) is 4.53. The van der Waals surface area contributed by atoms with E-state index in [-0.39, 0.29) is 0 Å². The maximum Gasteiger partial charge on any atom is -0.00174 e. The predicted octanol–water partition coefficient (Wildman–Crippen LogP) is 9.82. The van der Waals surface area contributed by atoms with Crippen LogP contribution in [-0.2, 0) is 25.7 Å². The molecule has 0 heteroatoms. The second kappa shape index (κ2) is 16.0. The SMILES string of the molecule is C=C.C=C.C=C(CCc1ccccc1)Cc1ccc(C)cc1.Cc1cccc2c1Cc1ccccc1C2. The average Bonchev–Trinajstić information content (AvgIpc) is 2.96. The largest absolute Gasteiger partial charge is 0.106 e. The lowest BCUT2D eigenvalue weighted by molar-refractivity contribution is 0.904. The van der Waals surface area contributed by atoms with Gasteiger partial charge in [-0.15, -0.1) is 26.3 Å². The van der Waals surface area contributed by atoms with E-state index >= 15 is 0 Å². The van der Waals surface area contributed by atoms with Crippen LogP contribution in [0.5, 0.6) is 0 Å². The van der Waals surface area contributed by atoms with Gasteiger partial charge in [0, 0.05) is 0 Å². The first-order valence-electron chi connectivity index (χ1n) is 13.0. The fraction of sp³-hybridized carbons (Fsp3) is 0.189. The zero-order valence-electron chi connectivity index (χ0n) is 22.8. The smallest absolute Gasteiger partial charge is 0.00174 e. The van der Waals surface area contributed by atoms with E-state index in [0.29, 0.717) is 0 Å². The van der Waals surface area contributed by atoms with Crippen molar-refractivity contribution in [1.29, 1.82) is 0 Å². The molecule has 0 unspecified atom stereocenters. The monoisotopic (exact) mass is 486 g/mol. The maximum absolute atomic E-state index is 4.19. The molecular weight excluding hydrogens is 444 g/mol. The van der Waals surface area contributed by atoms with Crippen LogP contribution in [-0.4, -0.2) is 0 Å². The van der Waals surface area contributed by atoms with Gasteiger partial charge in [-0.3, -0.25) is 0 Å². The van der Waals surface area contributed by atoms with Gasteiger partial charge >= 0.3 is 0 Å². The Kier molecular flexibility index (Phi) is 12.7. The third kappa shape index (κ3) is 9.24. The molecule has 0 atom stereocenters. The molecule has 0 bridgehead atoms. The molecule has 5 rings (SSSR count). The van der Waals surface area contributed by atoms with E-state index in [9.17, 15) is 0 Å². The zero-order valence-corrected chi connectivity index (χ0v) is 22.8. The van der Waals surface area contributed by atoms with Gasteiger partial charge in [-0.05, 0) is 84.9 Å². The molecule has 4 aromatic rings. The van der Waals surface area contributed by atoms with Crippen LogP contribution >= 0.6 is 0 Å². The Labute approximate surface area is 225 Å². The lowest BCUT2D eigenvalue weighted by Crippen LogP contribution is -2.08. The van der Waals surface area contributed by atoms with E-state index in [4.69, 9.17) is 0 Å². The standard InChI is InChI=1S/C18H20.C15H14.2C2H4/c1-15-8-12-18(13-9-15)14-16(2)10-11-17-6-4-3-5-7-17;1-11-5-4-8-14-9-12-6-2-3-7-13(12)10-15(11)14;2*1-2/h3-9,12-13H,2,10-11,14H2,1H3;2-8H,9-10H2,1H3;2*1-2H2. The molecule has 1 aliphatic carbocycles. The molecule has 0 fully saturated rings. The van der Waals surface area contributed by atoms with Crippen molar-refractivity contribution in [1.82, 2.24) is 0 Å². The molecule has 0 spiro atoms. The summed E-state index contributed by atoms with van der Waals surface area (Å²) in [6.45, 7) is 20.5. The van der Waals surface area contributed by atoms with Crippen LogP contribution < -0.4 is 0 Å². The fourth-order valence-electron chi connectivity index (χ4n) is 4.53. The summed E-state index contributed by atoms with van der Waals surface area (Å²) >= 11 is 0. The Morgan fingerprint density at radius 3 is 1.81 bits per heavy atom. The molecule has 0 saturated carbocycles. The number of benzene rings is 4. The molecule has 37 heavy (non-hydrogen) atoms. The van der Waals surface area contributed by atoms with E-state index in [2.05, 4.69) is 144 Å². The van der Waals surface area contributed by atoms with Crippen LogP contribution in [0, 0.1) is 13.8 Å². The molecule has 190 valence electrons. The normalized spacial score (nSPS) is 10.5. The van der Waals surface area contributed by atoms with E-state index in [1.807, 2.05) is 0 Å². The summed E-state index contributed by atoms with van der Waals surface area (Å²) in [7, 11) is 0. The molecule has 0 nitrogen and oxygen atoms in total. The van der Waals surface area contributed by atoms with Gasteiger partial charge in [0.05, 0.1) is 0 Å². The van der Waals surface area contributed by atoms with Gasteiger partial charge in [0.15, 0.2) is 0 Å². The van der Waals surface area contributed by atoms with Crippen molar-refractivity contribution in [3.63, 3.8) is 0 Å². The molecule has 4 aromatic carbocycles. The van der Waals surface area contributed by atoms with Crippen LogP contribution in [0.25, 0.3) is 0 Å². The lowest BCUT2D eigenvalue weighted by Gasteiger charge is -2.21. The average molecular weight is 487 g/mol. The second-order valence-electron chi connectivity index (χ2n) is 9.23. The summed E-state index contributed by atoms with van der Waals surface area (Å²) in [6, 6.07) is 34.8. The molecule has 0 aromatic heterocycles. The number of allylic oxidation sites excluding steroid dienone is 1. The second-order valence-corrected chi connectivity index (χ2v) is 9.23. The van der Waals surface area contributed by atoms with Crippen LogP contribution in [0.4, 0.5) is 0 Å². The van der Waals surface area contributed by atoms with Gasteiger partial charge in [-0.1, -0.05) is 115 Å². The van der Waals surface area contributed by atoms with E-state index in [1.165, 1.54) is 50.1 Å². The minimum atomic E-state index is 0.993. The van der Waals surface area contributed by atoms with Crippen molar-refractivity contribution in [2.45, 2.75) is 46.0 Å². The van der Waals surface area contributed by atoms with E-state index in [0.717, 1.165) is 32.1 Å². The number of aryl methyl sites for hydroxylation is 3. The molecule has 1 aliphatic rings. The minimum Gasteiger partial charge on any atom is -0.106 e. The third-order valence-electron chi connectivity index (χ3n) is 6.56. The van der Waals surface area contributed by atoms with Gasteiger partial charge in [-0.25, -0.2) is 0 Å². The van der Waals surface area contributed by atoms with Crippen molar-refractivity contribution in [3.05, 3.63) is 180 Å². The Morgan fingerprint density at radius 2 is 1.16 bits per heavy atom. The van der Waals surface area contributed by atoms with E-state index in [1.54, 1.807) is 0 Å². The van der Waals surface area contributed by atoms with Crippen LogP contribution in [0.15, 0.2) is 136 Å². The first-order chi connectivity index (χ1) is 18.1. The molecule has 0 aliphatic heterocycles. The Morgan fingerprint density at radius 1 is 0.595 bits per heavy atom. The first kappa shape index (κ1) is 29.3. The van der Waals surface area contributed by atoms with Gasteiger partial charge in [-0.2, -0.15) is 0 Å². The summed E-state index contributed by atoms with van der Waals surface area (Å²) in [5.74, 6) is 0. The van der Waals surface area contributed by atoms with Gasteiger partial charge in [0.2, 0.25) is 0 Å². The van der Waals surface area contributed by atoms with Crippen molar-refractivity contribution < 1.29 is 0 Å². The number of fused-ring (bicyclic) bond motifs is 2. The molecule has 0 amide bonds. The summed E-state index contributed by atoms with van der Waals surface area (Å²) in [6.07, 6.45) is 5.36. The highest BCUT2D eigenvalue weighted by Crippen LogP contribution is 2.28. The van der Waals surface area contributed by atoms with Crippen molar-refractivity contribution in [2.75, 3.05) is 0 Å². The van der Waals surface area contributed by atoms with Gasteiger partial charge < -0.3 is 0 Å². The highest BCUT2D eigenvalue weighted by molar-refractivity contribution is 5.47. The molecule has 0 N–H and O–H groups in total. The Balaban J connectivity index is 0.000000232. The minimum absolute atomic E-state index is 0.993. The number of hydrogen-bond donors (Lipinski definition) is 0. The Bertz CT molecular complexity index is 1230. The van der Waals surface area contributed by atoms with Gasteiger partial charge in [0.1, 0.15) is 0 Å². The maximum atomic E-state index is 4.19. The first-order valence-corrected chi connectivity index (χ1v) is 13.0. The number of hydrogen-bond acceptors (Lipinski definition) is 0.